The fraction of sp³-hybridized carbons (Fsp3) is 0.167. The fourth-order valence-corrected chi connectivity index (χ4v) is 2.23. The maximum atomic E-state index is 12.1. The third-order valence-electron chi connectivity index (χ3n) is 3.27. The van der Waals surface area contributed by atoms with Crippen molar-refractivity contribution in [1.29, 1.82) is 0 Å². The Morgan fingerprint density at radius 1 is 1.05 bits per heavy atom. The van der Waals surface area contributed by atoms with Crippen LogP contribution in [-0.2, 0) is 0 Å². The van der Waals surface area contributed by atoms with Gasteiger partial charge in [-0.2, -0.15) is 0 Å². The van der Waals surface area contributed by atoms with E-state index in [2.05, 4.69) is 19.2 Å². The van der Waals surface area contributed by atoms with E-state index in [4.69, 9.17) is 23.2 Å². The average molecular weight is 334 g/mol. The molecule has 0 radical (unpaired) electrons. The molecule has 0 aliphatic heterocycles. The van der Waals surface area contributed by atoms with Crippen LogP contribution in [0.2, 0.25) is 10.0 Å². The topological polar surface area (TPSA) is 29.1 Å². The van der Waals surface area contributed by atoms with E-state index in [-0.39, 0.29) is 5.78 Å². The highest BCUT2D eigenvalue weighted by atomic mass is 35.5. The van der Waals surface area contributed by atoms with Gasteiger partial charge in [0.05, 0.1) is 10.0 Å². The molecule has 114 valence electrons. The molecule has 0 saturated heterocycles. The summed E-state index contributed by atoms with van der Waals surface area (Å²) in [6.45, 7) is 4.25. The summed E-state index contributed by atoms with van der Waals surface area (Å²) in [7, 11) is 0. The maximum absolute atomic E-state index is 12.1. The number of benzene rings is 2. The van der Waals surface area contributed by atoms with Gasteiger partial charge < -0.3 is 5.32 Å². The molecule has 22 heavy (non-hydrogen) atoms. The first-order valence-corrected chi connectivity index (χ1v) is 7.75. The van der Waals surface area contributed by atoms with Gasteiger partial charge in [-0.3, -0.25) is 4.79 Å². The predicted octanol–water partition coefficient (Wildman–Crippen LogP) is 5.93. The number of rotatable bonds is 5. The number of hydrogen-bond acceptors (Lipinski definition) is 2. The van der Waals surface area contributed by atoms with Crippen LogP contribution in [0.3, 0.4) is 0 Å². The summed E-state index contributed by atoms with van der Waals surface area (Å²) in [5, 5.41) is 3.96. The van der Waals surface area contributed by atoms with Crippen molar-refractivity contribution < 1.29 is 4.79 Å². The molecule has 4 heteroatoms. The van der Waals surface area contributed by atoms with Crippen molar-refractivity contribution in [1.82, 2.24) is 0 Å². The number of carbonyl (C=O) groups excluding carboxylic acids is 1. The minimum absolute atomic E-state index is 0.0529. The summed E-state index contributed by atoms with van der Waals surface area (Å²) in [4.78, 5) is 12.1. The first-order chi connectivity index (χ1) is 10.5. The number of nitrogens with one attached hydrogen (secondary N) is 1. The van der Waals surface area contributed by atoms with Gasteiger partial charge in [0.25, 0.3) is 0 Å². The lowest BCUT2D eigenvalue weighted by molar-refractivity contribution is 0.104. The van der Waals surface area contributed by atoms with Crippen LogP contribution < -0.4 is 5.32 Å². The van der Waals surface area contributed by atoms with Gasteiger partial charge in [0.2, 0.25) is 0 Å². The number of allylic oxidation sites excluding steroid dienone is 1. The molecule has 0 atom stereocenters. The second kappa shape index (κ2) is 7.48. The second-order valence-corrected chi connectivity index (χ2v) is 6.06. The minimum Gasteiger partial charge on any atom is -0.362 e. The Hall–Kier alpha value is -1.77. The molecule has 0 aliphatic rings. The largest absolute Gasteiger partial charge is 0.362 e. The average Bonchev–Trinajstić information content (AvgIpc) is 2.51. The van der Waals surface area contributed by atoms with Crippen LogP contribution in [0.4, 0.5) is 5.69 Å². The highest BCUT2D eigenvalue weighted by Gasteiger charge is 2.03. The number of halogens is 2. The van der Waals surface area contributed by atoms with Gasteiger partial charge in [-0.1, -0.05) is 61.3 Å². The highest BCUT2D eigenvalue weighted by Crippen LogP contribution is 2.25. The Labute approximate surface area is 140 Å². The Morgan fingerprint density at radius 2 is 1.73 bits per heavy atom. The van der Waals surface area contributed by atoms with Crippen LogP contribution in [0.15, 0.2) is 54.7 Å². The molecular formula is C18H17Cl2NO. The fourth-order valence-electron chi connectivity index (χ4n) is 1.93. The summed E-state index contributed by atoms with van der Waals surface area (Å²) in [6.07, 6.45) is 3.09. The molecule has 2 nitrogen and oxygen atoms in total. The molecule has 0 unspecified atom stereocenters. The number of hydrogen-bond donors (Lipinski definition) is 1. The molecule has 2 aromatic carbocycles. The zero-order chi connectivity index (χ0) is 16.1. The molecule has 0 aliphatic carbocycles. The van der Waals surface area contributed by atoms with Crippen LogP contribution in [0.1, 0.15) is 35.7 Å². The van der Waals surface area contributed by atoms with Crippen LogP contribution in [0.25, 0.3) is 0 Å². The minimum atomic E-state index is -0.0529. The van der Waals surface area contributed by atoms with Crippen molar-refractivity contribution in [3.63, 3.8) is 0 Å². The summed E-state index contributed by atoms with van der Waals surface area (Å²) in [5.74, 6) is 0.402. The van der Waals surface area contributed by atoms with Gasteiger partial charge >= 0.3 is 0 Å². The predicted molar refractivity (Wildman–Crippen MR) is 94.1 cm³/mol. The van der Waals surface area contributed by atoms with Crippen LogP contribution >= 0.6 is 23.2 Å². The molecule has 0 amide bonds. The molecule has 2 rings (SSSR count). The van der Waals surface area contributed by atoms with E-state index in [9.17, 15) is 4.79 Å². The van der Waals surface area contributed by atoms with Gasteiger partial charge in [-0.25, -0.2) is 0 Å². The Kier molecular flexibility index (Phi) is 5.64. The van der Waals surface area contributed by atoms with E-state index in [1.165, 1.54) is 11.6 Å². The quantitative estimate of drug-likeness (QED) is 0.543. The van der Waals surface area contributed by atoms with E-state index >= 15 is 0 Å². The van der Waals surface area contributed by atoms with Gasteiger partial charge in [-0.15, -0.1) is 0 Å². The first-order valence-electron chi connectivity index (χ1n) is 7.00. The lowest BCUT2D eigenvalue weighted by Gasteiger charge is -2.05. The molecule has 0 aromatic heterocycles. The van der Waals surface area contributed by atoms with Crippen molar-refractivity contribution in [3.8, 4) is 0 Å². The second-order valence-electron chi connectivity index (χ2n) is 5.25. The lowest BCUT2D eigenvalue weighted by atomic mass is 10.0. The van der Waals surface area contributed by atoms with Gasteiger partial charge in [0.1, 0.15) is 0 Å². The molecule has 0 saturated carbocycles. The zero-order valence-electron chi connectivity index (χ0n) is 12.4. The highest BCUT2D eigenvalue weighted by molar-refractivity contribution is 6.42. The smallest absolute Gasteiger partial charge is 0.187 e. The Bertz CT molecular complexity index is 691. The van der Waals surface area contributed by atoms with Crippen LogP contribution in [0, 0.1) is 0 Å². The molecule has 0 heterocycles. The standard InChI is InChI=1S/C18H17Cl2NO/c1-12(2)13-3-5-14(6-4-13)18(22)9-10-21-15-7-8-16(19)17(20)11-15/h3-12,21H,1-2H3. The third kappa shape index (κ3) is 4.36. The molecule has 2 aromatic rings. The van der Waals surface area contributed by atoms with Crippen LogP contribution in [-0.4, -0.2) is 5.78 Å². The summed E-state index contributed by atoms with van der Waals surface area (Å²) in [5.41, 5.74) is 2.65. The van der Waals surface area contributed by atoms with Gasteiger partial charge in [-0.05, 0) is 29.7 Å². The maximum Gasteiger partial charge on any atom is 0.187 e. The molecular weight excluding hydrogens is 317 g/mol. The van der Waals surface area contributed by atoms with E-state index in [1.54, 1.807) is 24.4 Å². The van der Waals surface area contributed by atoms with Crippen molar-refractivity contribution in [2.24, 2.45) is 0 Å². The van der Waals surface area contributed by atoms with Crippen LogP contribution in [0.5, 0.6) is 0 Å². The SMILES string of the molecule is CC(C)c1ccc(C(=O)C=CNc2ccc(Cl)c(Cl)c2)cc1. The molecule has 0 bridgehead atoms. The van der Waals surface area contributed by atoms with Crippen molar-refractivity contribution >= 4 is 34.7 Å². The Balaban J connectivity index is 2.00. The van der Waals surface area contributed by atoms with Gasteiger partial charge in [0, 0.05) is 23.5 Å². The zero-order valence-corrected chi connectivity index (χ0v) is 13.9. The molecule has 0 spiro atoms. The first kappa shape index (κ1) is 16.6. The number of ketones is 1. The van der Waals surface area contributed by atoms with Gasteiger partial charge in [0.15, 0.2) is 5.78 Å². The number of anilines is 1. The molecule has 1 N–H and O–H groups in total. The monoisotopic (exact) mass is 333 g/mol. The lowest BCUT2D eigenvalue weighted by Crippen LogP contribution is -1.97. The summed E-state index contributed by atoms with van der Waals surface area (Å²) in [6, 6.07) is 12.9. The molecule has 0 fully saturated rings. The van der Waals surface area contributed by atoms with E-state index in [0.29, 0.717) is 21.5 Å². The van der Waals surface area contributed by atoms with Crippen molar-refractivity contribution in [3.05, 3.63) is 75.9 Å². The number of carbonyl (C=O) groups is 1. The summed E-state index contributed by atoms with van der Waals surface area (Å²) < 4.78 is 0. The Morgan fingerprint density at radius 3 is 2.32 bits per heavy atom. The van der Waals surface area contributed by atoms with Crippen molar-refractivity contribution in [2.45, 2.75) is 19.8 Å². The normalized spacial score (nSPS) is 11.1. The van der Waals surface area contributed by atoms with Crippen molar-refractivity contribution in [2.75, 3.05) is 5.32 Å². The van der Waals surface area contributed by atoms with E-state index in [1.807, 2.05) is 24.3 Å². The van der Waals surface area contributed by atoms with E-state index < -0.39 is 0 Å². The van der Waals surface area contributed by atoms with E-state index in [0.717, 1.165) is 5.69 Å². The third-order valence-corrected chi connectivity index (χ3v) is 4.01. The summed E-state index contributed by atoms with van der Waals surface area (Å²) >= 11 is 11.8.